The molecule has 7 heteroatoms. The van der Waals surface area contributed by atoms with Crippen molar-refractivity contribution in [3.63, 3.8) is 0 Å². The number of ether oxygens (including phenoxy) is 1. The van der Waals surface area contributed by atoms with Crippen LogP contribution in [0, 0.1) is 0 Å². The monoisotopic (exact) mass is 290 g/mol. The third-order valence-corrected chi connectivity index (χ3v) is 3.89. The molecule has 3 aromatic rings. The van der Waals surface area contributed by atoms with Crippen molar-refractivity contribution in [2.75, 3.05) is 6.61 Å². The van der Waals surface area contributed by atoms with Gasteiger partial charge < -0.3 is 4.74 Å². The molecule has 0 aliphatic carbocycles. The van der Waals surface area contributed by atoms with Crippen molar-refractivity contribution in [3.8, 4) is 11.4 Å². The molecule has 0 fully saturated rings. The molecule has 0 N–H and O–H groups in total. The molecule has 3 rings (SSSR count). The quantitative estimate of drug-likeness (QED) is 0.689. The van der Waals surface area contributed by atoms with Crippen molar-refractivity contribution in [1.29, 1.82) is 0 Å². The van der Waals surface area contributed by atoms with E-state index < -0.39 is 0 Å². The standard InChI is InChI=1S/C13H14N4O2S/c1-3-19-12(18)6-9-8-20-13-15-10(7-17(9)13)11-4-5-14-16(11)2/h4-5,7-8H,3,6H2,1-2H3. The number of aryl methyl sites for hydroxylation is 1. The van der Waals surface area contributed by atoms with Gasteiger partial charge in [-0.25, -0.2) is 4.98 Å². The van der Waals surface area contributed by atoms with Crippen LogP contribution in [0.3, 0.4) is 0 Å². The van der Waals surface area contributed by atoms with E-state index in [0.29, 0.717) is 6.61 Å². The lowest BCUT2D eigenvalue weighted by atomic mass is 10.3. The second kappa shape index (κ2) is 5.09. The summed E-state index contributed by atoms with van der Waals surface area (Å²) in [6, 6.07) is 1.91. The highest BCUT2D eigenvalue weighted by atomic mass is 32.1. The van der Waals surface area contributed by atoms with E-state index in [1.165, 1.54) is 11.3 Å². The summed E-state index contributed by atoms with van der Waals surface area (Å²) in [7, 11) is 1.88. The predicted octanol–water partition coefficient (Wildman–Crippen LogP) is 1.90. The maximum absolute atomic E-state index is 11.6. The lowest BCUT2D eigenvalue weighted by molar-refractivity contribution is -0.142. The third kappa shape index (κ3) is 2.20. The van der Waals surface area contributed by atoms with Crippen LogP contribution in [0.2, 0.25) is 0 Å². The Labute approximate surface area is 119 Å². The molecule has 20 heavy (non-hydrogen) atoms. The highest BCUT2D eigenvalue weighted by Gasteiger charge is 2.14. The number of nitrogens with zero attached hydrogens (tertiary/aromatic N) is 4. The van der Waals surface area contributed by atoms with Crippen molar-refractivity contribution >= 4 is 22.3 Å². The first-order valence-electron chi connectivity index (χ1n) is 6.28. The Morgan fingerprint density at radius 1 is 1.50 bits per heavy atom. The van der Waals surface area contributed by atoms with Gasteiger partial charge in [0.05, 0.1) is 18.7 Å². The van der Waals surface area contributed by atoms with E-state index in [-0.39, 0.29) is 12.4 Å². The van der Waals surface area contributed by atoms with Gasteiger partial charge in [0, 0.05) is 30.5 Å². The number of fused-ring (bicyclic) bond motifs is 1. The van der Waals surface area contributed by atoms with E-state index in [1.807, 2.05) is 29.1 Å². The number of imidazole rings is 1. The molecule has 0 spiro atoms. The molecule has 0 aliphatic heterocycles. The van der Waals surface area contributed by atoms with Gasteiger partial charge in [0.25, 0.3) is 0 Å². The topological polar surface area (TPSA) is 61.4 Å². The van der Waals surface area contributed by atoms with Crippen LogP contribution in [-0.2, 0) is 23.0 Å². The lowest BCUT2D eigenvalue weighted by Gasteiger charge is -2.00. The maximum Gasteiger partial charge on any atom is 0.311 e. The van der Waals surface area contributed by atoms with Crippen LogP contribution in [-0.4, -0.2) is 31.7 Å². The second-order valence-electron chi connectivity index (χ2n) is 4.33. The summed E-state index contributed by atoms with van der Waals surface area (Å²) < 4.78 is 8.69. The van der Waals surface area contributed by atoms with Gasteiger partial charge in [-0.2, -0.15) is 5.10 Å². The number of esters is 1. The molecule has 0 saturated heterocycles. The van der Waals surface area contributed by atoms with Gasteiger partial charge in [-0.15, -0.1) is 11.3 Å². The first-order chi connectivity index (χ1) is 9.69. The number of carbonyl (C=O) groups is 1. The van der Waals surface area contributed by atoms with Crippen LogP contribution < -0.4 is 0 Å². The summed E-state index contributed by atoms with van der Waals surface area (Å²) >= 11 is 1.51. The van der Waals surface area contributed by atoms with Gasteiger partial charge in [-0.05, 0) is 13.0 Å². The summed E-state index contributed by atoms with van der Waals surface area (Å²) in [6.45, 7) is 2.20. The summed E-state index contributed by atoms with van der Waals surface area (Å²) in [5.74, 6) is -0.219. The van der Waals surface area contributed by atoms with Crippen LogP contribution in [0.25, 0.3) is 16.3 Å². The van der Waals surface area contributed by atoms with Crippen LogP contribution in [0.15, 0.2) is 23.8 Å². The minimum absolute atomic E-state index is 0.219. The highest BCUT2D eigenvalue weighted by molar-refractivity contribution is 7.15. The molecule has 0 bridgehead atoms. The Morgan fingerprint density at radius 3 is 3.05 bits per heavy atom. The zero-order chi connectivity index (χ0) is 14.1. The molecule has 6 nitrogen and oxygen atoms in total. The van der Waals surface area contributed by atoms with E-state index in [9.17, 15) is 4.79 Å². The van der Waals surface area contributed by atoms with Crippen LogP contribution in [0.1, 0.15) is 12.6 Å². The van der Waals surface area contributed by atoms with Crippen molar-refractivity contribution in [3.05, 3.63) is 29.5 Å². The number of hydrogen-bond donors (Lipinski definition) is 0. The highest BCUT2D eigenvalue weighted by Crippen LogP contribution is 2.23. The summed E-state index contributed by atoms with van der Waals surface area (Å²) in [5, 5.41) is 6.08. The van der Waals surface area contributed by atoms with Gasteiger partial charge in [-0.3, -0.25) is 13.9 Å². The van der Waals surface area contributed by atoms with Gasteiger partial charge in [0.2, 0.25) is 0 Å². The average molecular weight is 290 g/mol. The van der Waals surface area contributed by atoms with E-state index in [4.69, 9.17) is 4.74 Å². The van der Waals surface area contributed by atoms with Crippen LogP contribution in [0.4, 0.5) is 0 Å². The van der Waals surface area contributed by atoms with Crippen molar-refractivity contribution in [2.45, 2.75) is 13.3 Å². The first-order valence-corrected chi connectivity index (χ1v) is 7.16. The normalized spacial score (nSPS) is 11.1. The first kappa shape index (κ1) is 12.9. The summed E-state index contributed by atoms with van der Waals surface area (Å²) in [4.78, 5) is 17.0. The fourth-order valence-corrected chi connectivity index (χ4v) is 2.94. The minimum atomic E-state index is -0.219. The van der Waals surface area contributed by atoms with Gasteiger partial charge in [0.15, 0.2) is 4.96 Å². The zero-order valence-electron chi connectivity index (χ0n) is 11.2. The van der Waals surface area contributed by atoms with Crippen molar-refractivity contribution in [2.24, 2.45) is 7.05 Å². The molecule has 0 radical (unpaired) electrons. The van der Waals surface area contributed by atoms with Crippen molar-refractivity contribution in [1.82, 2.24) is 19.2 Å². The van der Waals surface area contributed by atoms with Gasteiger partial charge in [0.1, 0.15) is 5.69 Å². The Kier molecular flexibility index (Phi) is 3.27. The van der Waals surface area contributed by atoms with E-state index in [0.717, 1.165) is 22.0 Å². The van der Waals surface area contributed by atoms with Gasteiger partial charge in [-0.1, -0.05) is 0 Å². The van der Waals surface area contributed by atoms with Gasteiger partial charge >= 0.3 is 5.97 Å². The Morgan fingerprint density at radius 2 is 2.35 bits per heavy atom. The van der Waals surface area contributed by atoms with E-state index >= 15 is 0 Å². The number of rotatable bonds is 4. The molecule has 0 aromatic carbocycles. The Hall–Kier alpha value is -2.15. The molecule has 0 unspecified atom stereocenters. The number of carbonyl (C=O) groups excluding carboxylic acids is 1. The fraction of sp³-hybridized carbons (Fsp3) is 0.308. The Balaban J connectivity index is 1.95. The smallest absolute Gasteiger partial charge is 0.311 e. The molecule has 3 aromatic heterocycles. The number of thiazole rings is 1. The van der Waals surface area contributed by atoms with E-state index in [1.54, 1.807) is 17.8 Å². The number of aromatic nitrogens is 4. The van der Waals surface area contributed by atoms with E-state index in [2.05, 4.69) is 10.1 Å². The van der Waals surface area contributed by atoms with Crippen LogP contribution >= 0.6 is 11.3 Å². The largest absolute Gasteiger partial charge is 0.466 e. The van der Waals surface area contributed by atoms with Crippen molar-refractivity contribution < 1.29 is 9.53 Å². The van der Waals surface area contributed by atoms with Crippen LogP contribution in [0.5, 0.6) is 0 Å². The molecule has 0 aliphatic rings. The fourth-order valence-electron chi connectivity index (χ4n) is 2.06. The summed E-state index contributed by atoms with van der Waals surface area (Å²) in [6.07, 6.45) is 3.93. The summed E-state index contributed by atoms with van der Waals surface area (Å²) in [5.41, 5.74) is 2.69. The third-order valence-electron chi connectivity index (χ3n) is 3.00. The Bertz CT molecular complexity index is 755. The average Bonchev–Trinajstić information content (AvgIpc) is 3.06. The molecule has 0 saturated carbocycles. The SMILES string of the molecule is CCOC(=O)Cc1csc2nc(-c3ccnn3C)cn12. The molecular formula is C13H14N4O2S. The second-order valence-corrected chi connectivity index (χ2v) is 5.16. The molecule has 0 atom stereocenters. The molecule has 0 amide bonds. The maximum atomic E-state index is 11.6. The lowest BCUT2D eigenvalue weighted by Crippen LogP contribution is -2.08. The molecule has 3 heterocycles. The predicted molar refractivity (Wildman–Crippen MR) is 75.6 cm³/mol. The molecule has 104 valence electrons. The minimum Gasteiger partial charge on any atom is -0.466 e. The number of hydrogen-bond acceptors (Lipinski definition) is 5. The zero-order valence-corrected chi connectivity index (χ0v) is 12.1. The molecular weight excluding hydrogens is 276 g/mol.